The largest absolute Gasteiger partial charge is 0.339 e. The average Bonchev–Trinajstić information content (AvgIpc) is 3.41. The molecule has 2 aromatic rings. The number of nitrogens with zero attached hydrogens (tertiary/aromatic N) is 3. The van der Waals surface area contributed by atoms with Crippen LogP contribution in [0.3, 0.4) is 0 Å². The summed E-state index contributed by atoms with van der Waals surface area (Å²) >= 11 is 0. The van der Waals surface area contributed by atoms with Crippen LogP contribution >= 0.6 is 0 Å². The Morgan fingerprint density at radius 3 is 2.77 bits per heavy atom. The number of rotatable bonds is 6. The molecule has 0 bridgehead atoms. The SMILES string of the molecule is O=S(=O)(C=Cc1ccccc1)N1CCCC(Cc2nc(C3CC3)no2)C1. The average molecular weight is 373 g/mol. The lowest BCUT2D eigenvalue weighted by atomic mass is 9.96. The van der Waals surface area contributed by atoms with Gasteiger partial charge in [0.1, 0.15) is 0 Å². The summed E-state index contributed by atoms with van der Waals surface area (Å²) in [6.45, 7) is 1.07. The number of aromatic nitrogens is 2. The fraction of sp³-hybridized carbons (Fsp3) is 0.474. The zero-order valence-electron chi connectivity index (χ0n) is 14.6. The molecule has 2 fully saturated rings. The number of piperidine rings is 1. The summed E-state index contributed by atoms with van der Waals surface area (Å²) < 4.78 is 32.2. The molecule has 0 N–H and O–H groups in total. The standard InChI is InChI=1S/C19H23N3O3S/c23-26(24,12-10-15-5-2-1-3-6-15)22-11-4-7-16(14-22)13-18-20-19(21-25-18)17-8-9-17/h1-3,5-6,10,12,16-17H,4,7-9,11,13-14H2. The Bertz CT molecular complexity index is 872. The first-order valence-corrected chi connectivity index (χ1v) is 10.7. The maximum Gasteiger partial charge on any atom is 0.236 e. The second-order valence-electron chi connectivity index (χ2n) is 7.15. The Kier molecular flexibility index (Phi) is 4.91. The molecule has 138 valence electrons. The van der Waals surface area contributed by atoms with Crippen LogP contribution in [0.5, 0.6) is 0 Å². The predicted octanol–water partition coefficient (Wildman–Crippen LogP) is 3.20. The Morgan fingerprint density at radius 1 is 1.19 bits per heavy atom. The highest BCUT2D eigenvalue weighted by Gasteiger charge is 2.31. The molecule has 0 spiro atoms. The van der Waals surface area contributed by atoms with Crippen LogP contribution in [0.15, 0.2) is 40.3 Å². The molecule has 1 atom stereocenters. The van der Waals surface area contributed by atoms with E-state index in [1.165, 1.54) is 5.41 Å². The Hall–Kier alpha value is -1.99. The lowest BCUT2D eigenvalue weighted by Gasteiger charge is -2.30. The zero-order valence-corrected chi connectivity index (χ0v) is 15.4. The van der Waals surface area contributed by atoms with E-state index in [1.807, 2.05) is 30.3 Å². The van der Waals surface area contributed by atoms with Crippen LogP contribution < -0.4 is 0 Å². The highest BCUT2D eigenvalue weighted by atomic mass is 32.2. The molecule has 1 unspecified atom stereocenters. The molecule has 1 saturated carbocycles. The minimum atomic E-state index is -3.42. The van der Waals surface area contributed by atoms with Crippen molar-refractivity contribution in [1.82, 2.24) is 14.4 Å². The molecule has 1 saturated heterocycles. The first-order chi connectivity index (χ1) is 12.6. The van der Waals surface area contributed by atoms with Gasteiger partial charge in [-0.1, -0.05) is 35.5 Å². The molecule has 2 aliphatic rings. The molecule has 1 aromatic heterocycles. The topological polar surface area (TPSA) is 76.3 Å². The smallest absolute Gasteiger partial charge is 0.236 e. The van der Waals surface area contributed by atoms with E-state index in [4.69, 9.17) is 4.52 Å². The van der Waals surface area contributed by atoms with Gasteiger partial charge in [0.2, 0.25) is 15.9 Å². The monoisotopic (exact) mass is 373 g/mol. The van der Waals surface area contributed by atoms with Gasteiger partial charge in [0.15, 0.2) is 5.82 Å². The lowest BCUT2D eigenvalue weighted by Crippen LogP contribution is -2.39. The molecular formula is C19H23N3O3S. The van der Waals surface area contributed by atoms with Gasteiger partial charge in [0.25, 0.3) is 0 Å². The number of sulfonamides is 1. The van der Waals surface area contributed by atoms with Crippen LogP contribution in [-0.4, -0.2) is 36.0 Å². The van der Waals surface area contributed by atoms with Gasteiger partial charge in [-0.25, -0.2) is 8.42 Å². The van der Waals surface area contributed by atoms with Gasteiger partial charge < -0.3 is 4.52 Å². The second-order valence-corrected chi connectivity index (χ2v) is 8.97. The Balaban J connectivity index is 1.39. The number of benzene rings is 1. The van der Waals surface area contributed by atoms with Gasteiger partial charge >= 0.3 is 0 Å². The van der Waals surface area contributed by atoms with Crippen LogP contribution in [0.4, 0.5) is 0 Å². The third-order valence-electron chi connectivity index (χ3n) is 4.96. The molecule has 4 rings (SSSR count). The van der Waals surface area contributed by atoms with Crippen molar-refractivity contribution in [3.05, 3.63) is 53.0 Å². The molecule has 7 heteroatoms. The normalized spacial score (nSPS) is 22.1. The lowest BCUT2D eigenvalue weighted by molar-refractivity contribution is 0.248. The van der Waals surface area contributed by atoms with Gasteiger partial charge in [-0.15, -0.1) is 0 Å². The number of hydrogen-bond donors (Lipinski definition) is 0. The first kappa shape index (κ1) is 17.4. The molecule has 1 aliphatic heterocycles. The Labute approximate surface area is 154 Å². The van der Waals surface area contributed by atoms with Gasteiger partial charge in [-0.2, -0.15) is 9.29 Å². The summed E-state index contributed by atoms with van der Waals surface area (Å²) in [6, 6.07) is 9.47. The van der Waals surface area contributed by atoms with Crippen molar-refractivity contribution in [3.63, 3.8) is 0 Å². The molecule has 0 radical (unpaired) electrons. The van der Waals surface area contributed by atoms with Crippen molar-refractivity contribution in [1.29, 1.82) is 0 Å². The van der Waals surface area contributed by atoms with E-state index in [1.54, 1.807) is 10.4 Å². The quantitative estimate of drug-likeness (QED) is 0.777. The fourth-order valence-corrected chi connectivity index (χ4v) is 4.65. The third-order valence-corrected chi connectivity index (χ3v) is 6.49. The summed E-state index contributed by atoms with van der Waals surface area (Å²) in [4.78, 5) is 4.47. The molecule has 6 nitrogen and oxygen atoms in total. The van der Waals surface area contributed by atoms with Gasteiger partial charge in [0, 0.05) is 30.8 Å². The summed E-state index contributed by atoms with van der Waals surface area (Å²) in [5.74, 6) is 2.14. The minimum Gasteiger partial charge on any atom is -0.339 e. The van der Waals surface area contributed by atoms with Crippen LogP contribution in [-0.2, 0) is 16.4 Å². The van der Waals surface area contributed by atoms with Crippen molar-refractivity contribution < 1.29 is 12.9 Å². The molecular weight excluding hydrogens is 350 g/mol. The van der Waals surface area contributed by atoms with E-state index in [9.17, 15) is 8.42 Å². The van der Waals surface area contributed by atoms with Crippen molar-refractivity contribution in [3.8, 4) is 0 Å². The molecule has 0 amide bonds. The fourth-order valence-electron chi connectivity index (χ4n) is 3.34. The number of hydrogen-bond acceptors (Lipinski definition) is 5. The zero-order chi connectivity index (χ0) is 18.0. The van der Waals surface area contributed by atoms with E-state index in [-0.39, 0.29) is 5.92 Å². The summed E-state index contributed by atoms with van der Waals surface area (Å²) in [7, 11) is -3.42. The van der Waals surface area contributed by atoms with Crippen molar-refractivity contribution in [2.75, 3.05) is 13.1 Å². The van der Waals surface area contributed by atoms with E-state index >= 15 is 0 Å². The Morgan fingerprint density at radius 2 is 2.00 bits per heavy atom. The molecule has 2 heterocycles. The van der Waals surface area contributed by atoms with Crippen LogP contribution in [0.25, 0.3) is 6.08 Å². The third kappa shape index (κ3) is 4.22. The van der Waals surface area contributed by atoms with E-state index in [2.05, 4.69) is 10.1 Å². The van der Waals surface area contributed by atoms with Crippen LogP contribution in [0.2, 0.25) is 0 Å². The van der Waals surface area contributed by atoms with Crippen LogP contribution in [0.1, 0.15) is 48.9 Å². The maximum absolute atomic E-state index is 12.6. The van der Waals surface area contributed by atoms with Crippen molar-refractivity contribution in [2.45, 2.75) is 38.0 Å². The highest BCUT2D eigenvalue weighted by Crippen LogP contribution is 2.38. The van der Waals surface area contributed by atoms with Gasteiger partial charge in [0.05, 0.1) is 0 Å². The molecule has 1 aliphatic carbocycles. The summed E-state index contributed by atoms with van der Waals surface area (Å²) in [5, 5.41) is 5.35. The maximum atomic E-state index is 12.6. The van der Waals surface area contributed by atoms with Gasteiger partial charge in [-0.05, 0) is 43.2 Å². The summed E-state index contributed by atoms with van der Waals surface area (Å²) in [5.41, 5.74) is 0.878. The van der Waals surface area contributed by atoms with E-state index in [0.29, 0.717) is 31.3 Å². The molecule has 26 heavy (non-hydrogen) atoms. The first-order valence-electron chi connectivity index (χ1n) is 9.16. The summed E-state index contributed by atoms with van der Waals surface area (Å²) in [6.07, 6.45) is 6.42. The van der Waals surface area contributed by atoms with Crippen LogP contribution in [0, 0.1) is 5.92 Å². The van der Waals surface area contributed by atoms with Gasteiger partial charge in [-0.3, -0.25) is 0 Å². The second kappa shape index (κ2) is 7.32. The van der Waals surface area contributed by atoms with Crippen molar-refractivity contribution in [2.24, 2.45) is 5.92 Å². The van der Waals surface area contributed by atoms with E-state index in [0.717, 1.165) is 37.1 Å². The van der Waals surface area contributed by atoms with E-state index < -0.39 is 10.0 Å². The highest BCUT2D eigenvalue weighted by molar-refractivity contribution is 7.92. The predicted molar refractivity (Wildman–Crippen MR) is 98.7 cm³/mol. The molecule has 1 aromatic carbocycles. The van der Waals surface area contributed by atoms with Crippen molar-refractivity contribution >= 4 is 16.1 Å². The minimum absolute atomic E-state index is 0.219.